The fourth-order valence-corrected chi connectivity index (χ4v) is 6.66. The maximum absolute atomic E-state index is 14.0. The van der Waals surface area contributed by atoms with Crippen molar-refractivity contribution in [2.75, 3.05) is 13.4 Å². The summed E-state index contributed by atoms with van der Waals surface area (Å²) in [6, 6.07) is 26.7. The van der Waals surface area contributed by atoms with Crippen molar-refractivity contribution in [2.45, 2.75) is 26.5 Å². The molecule has 4 aromatic carbocycles. The molecule has 2 aliphatic heterocycles. The van der Waals surface area contributed by atoms with Gasteiger partial charge in [-0.2, -0.15) is 0 Å². The molecule has 44 heavy (non-hydrogen) atoms. The second kappa shape index (κ2) is 11.5. The Kier molecular flexibility index (Phi) is 7.23. The fourth-order valence-electron chi connectivity index (χ4n) is 5.62. The van der Waals surface area contributed by atoms with Gasteiger partial charge in [-0.3, -0.25) is 9.36 Å². The highest BCUT2D eigenvalue weighted by atomic mass is 32.1. The number of hydrogen-bond acceptors (Lipinski definition) is 8. The van der Waals surface area contributed by atoms with E-state index in [1.807, 2.05) is 54.6 Å². The third kappa shape index (κ3) is 5.05. The summed E-state index contributed by atoms with van der Waals surface area (Å²) in [4.78, 5) is 32.4. The zero-order chi connectivity index (χ0) is 30.2. The molecule has 0 saturated heterocycles. The van der Waals surface area contributed by atoms with E-state index in [1.165, 1.54) is 11.3 Å². The maximum atomic E-state index is 14.0. The van der Waals surface area contributed by atoms with E-state index < -0.39 is 12.0 Å². The summed E-state index contributed by atoms with van der Waals surface area (Å²) in [5.74, 6) is 1.35. The van der Waals surface area contributed by atoms with Gasteiger partial charge in [0.2, 0.25) is 6.79 Å². The number of ether oxygens (including phenoxy) is 4. The Labute approximate surface area is 256 Å². The van der Waals surface area contributed by atoms with Crippen molar-refractivity contribution in [2.24, 2.45) is 4.99 Å². The minimum absolute atomic E-state index is 0.117. The SMILES string of the molecule is CCOC(=O)C1=C(C)N=c2s/c(=C\c3cccc(OCc4cccc5ccccc45)c3)c(=O)n2C1c1ccc2c(c1)OCO2. The highest BCUT2D eigenvalue weighted by Gasteiger charge is 2.34. The molecule has 9 heteroatoms. The van der Waals surface area contributed by atoms with E-state index in [4.69, 9.17) is 18.9 Å². The number of fused-ring (bicyclic) bond motifs is 3. The molecule has 0 aliphatic carbocycles. The summed E-state index contributed by atoms with van der Waals surface area (Å²) in [6.07, 6.45) is 1.83. The predicted octanol–water partition coefficient (Wildman–Crippen LogP) is 5.26. The zero-order valence-corrected chi connectivity index (χ0v) is 24.9. The third-order valence-electron chi connectivity index (χ3n) is 7.66. The molecule has 1 unspecified atom stereocenters. The molecule has 2 aliphatic rings. The monoisotopic (exact) mass is 604 g/mol. The van der Waals surface area contributed by atoms with Crippen molar-refractivity contribution in [3.8, 4) is 17.2 Å². The first kappa shape index (κ1) is 27.7. The van der Waals surface area contributed by atoms with E-state index >= 15 is 0 Å². The molecule has 0 amide bonds. The smallest absolute Gasteiger partial charge is 0.338 e. The van der Waals surface area contributed by atoms with Gasteiger partial charge in [-0.1, -0.05) is 72.0 Å². The first-order chi connectivity index (χ1) is 21.5. The van der Waals surface area contributed by atoms with Gasteiger partial charge in [0.25, 0.3) is 5.56 Å². The van der Waals surface area contributed by atoms with Crippen molar-refractivity contribution >= 4 is 34.2 Å². The molecule has 0 bridgehead atoms. The topological polar surface area (TPSA) is 88.4 Å². The number of thiazole rings is 1. The minimum Gasteiger partial charge on any atom is -0.489 e. The van der Waals surface area contributed by atoms with Crippen LogP contribution in [0, 0.1) is 0 Å². The Morgan fingerprint density at radius 2 is 1.84 bits per heavy atom. The summed E-state index contributed by atoms with van der Waals surface area (Å²) in [5.41, 5.74) is 3.16. The molecule has 0 saturated carbocycles. The lowest BCUT2D eigenvalue weighted by Gasteiger charge is -2.24. The zero-order valence-electron chi connectivity index (χ0n) is 24.1. The van der Waals surface area contributed by atoms with Gasteiger partial charge in [0.05, 0.1) is 28.5 Å². The van der Waals surface area contributed by atoms with Crippen LogP contribution in [0.25, 0.3) is 16.8 Å². The van der Waals surface area contributed by atoms with Crippen LogP contribution in [0.3, 0.4) is 0 Å². The van der Waals surface area contributed by atoms with E-state index in [0.29, 0.717) is 50.0 Å². The fraction of sp³-hybridized carbons (Fsp3) is 0.171. The molecule has 0 radical (unpaired) electrons. The quantitative estimate of drug-likeness (QED) is 0.236. The average Bonchev–Trinajstić information content (AvgIpc) is 3.63. The van der Waals surface area contributed by atoms with E-state index in [0.717, 1.165) is 21.9 Å². The van der Waals surface area contributed by atoms with Crippen molar-refractivity contribution in [1.82, 2.24) is 4.57 Å². The van der Waals surface area contributed by atoms with Crippen LogP contribution in [0.5, 0.6) is 17.2 Å². The number of hydrogen-bond donors (Lipinski definition) is 0. The van der Waals surface area contributed by atoms with Gasteiger partial charge < -0.3 is 18.9 Å². The lowest BCUT2D eigenvalue weighted by molar-refractivity contribution is -0.139. The average molecular weight is 605 g/mol. The Hall–Kier alpha value is -5.15. The molecule has 0 N–H and O–H groups in total. The van der Waals surface area contributed by atoms with Gasteiger partial charge >= 0.3 is 5.97 Å². The number of nitrogens with zero attached hydrogens (tertiary/aromatic N) is 2. The van der Waals surface area contributed by atoms with Crippen molar-refractivity contribution in [3.63, 3.8) is 0 Å². The summed E-state index contributed by atoms with van der Waals surface area (Å²) < 4.78 is 24.7. The van der Waals surface area contributed by atoms with Gasteiger partial charge in [0, 0.05) is 0 Å². The molecule has 3 heterocycles. The summed E-state index contributed by atoms with van der Waals surface area (Å²) in [6.45, 7) is 4.25. The Bertz CT molecular complexity index is 2140. The first-order valence-electron chi connectivity index (χ1n) is 14.3. The molecule has 8 nitrogen and oxygen atoms in total. The lowest BCUT2D eigenvalue weighted by Crippen LogP contribution is -2.39. The van der Waals surface area contributed by atoms with E-state index in [2.05, 4.69) is 29.3 Å². The van der Waals surface area contributed by atoms with Gasteiger partial charge in [-0.15, -0.1) is 0 Å². The predicted molar refractivity (Wildman–Crippen MR) is 168 cm³/mol. The largest absolute Gasteiger partial charge is 0.489 e. The second-order valence-electron chi connectivity index (χ2n) is 10.4. The number of carbonyl (C=O) groups excluding carboxylic acids is 1. The number of rotatable bonds is 7. The summed E-state index contributed by atoms with van der Waals surface area (Å²) >= 11 is 1.27. The minimum atomic E-state index is -0.739. The van der Waals surface area contributed by atoms with Crippen LogP contribution < -0.4 is 29.1 Å². The second-order valence-corrected chi connectivity index (χ2v) is 11.4. The molecule has 5 aromatic rings. The molecule has 1 atom stereocenters. The molecule has 0 fully saturated rings. The Balaban J connectivity index is 1.25. The Morgan fingerprint density at radius 3 is 2.73 bits per heavy atom. The van der Waals surface area contributed by atoms with Gasteiger partial charge in [0.15, 0.2) is 16.3 Å². The van der Waals surface area contributed by atoms with Crippen LogP contribution in [-0.2, 0) is 16.1 Å². The van der Waals surface area contributed by atoms with E-state index in [9.17, 15) is 9.59 Å². The third-order valence-corrected chi connectivity index (χ3v) is 8.64. The van der Waals surface area contributed by atoms with Crippen molar-refractivity contribution < 1.29 is 23.7 Å². The van der Waals surface area contributed by atoms with Gasteiger partial charge in [-0.25, -0.2) is 9.79 Å². The summed E-state index contributed by atoms with van der Waals surface area (Å²) in [5, 5.41) is 2.32. The van der Waals surface area contributed by atoms with Crippen LogP contribution in [0.1, 0.15) is 36.6 Å². The van der Waals surface area contributed by atoms with Gasteiger partial charge in [-0.05, 0) is 71.7 Å². The maximum Gasteiger partial charge on any atom is 0.338 e. The molecule has 220 valence electrons. The molecular weight excluding hydrogens is 576 g/mol. The summed E-state index contributed by atoms with van der Waals surface area (Å²) in [7, 11) is 0. The number of aromatic nitrogens is 1. The molecular formula is C35H28N2O6S. The highest BCUT2D eigenvalue weighted by Crippen LogP contribution is 2.38. The van der Waals surface area contributed by atoms with E-state index in [1.54, 1.807) is 30.5 Å². The normalized spacial score (nSPS) is 15.7. The van der Waals surface area contributed by atoms with Crippen molar-refractivity contribution in [3.05, 3.63) is 133 Å². The van der Waals surface area contributed by atoms with Crippen LogP contribution in [-0.4, -0.2) is 23.9 Å². The lowest BCUT2D eigenvalue weighted by atomic mass is 9.95. The van der Waals surface area contributed by atoms with Gasteiger partial charge in [0.1, 0.15) is 12.4 Å². The molecule has 1 aromatic heterocycles. The molecule has 7 rings (SSSR count). The van der Waals surface area contributed by atoms with Crippen molar-refractivity contribution in [1.29, 1.82) is 0 Å². The highest BCUT2D eigenvalue weighted by molar-refractivity contribution is 7.07. The first-order valence-corrected chi connectivity index (χ1v) is 15.1. The number of allylic oxidation sites excluding steroid dienone is 1. The van der Waals surface area contributed by atoms with Crippen LogP contribution in [0.4, 0.5) is 0 Å². The standard InChI is InChI=1S/C35H28N2O6S/c1-3-40-34(39)31-21(2)36-35-37(32(31)24-14-15-28-29(18-24)43-20-42-28)33(38)30(44-35)17-22-8-6-12-26(16-22)41-19-25-11-7-10-23-9-4-5-13-27(23)25/h4-18,32H,3,19-20H2,1-2H3/b30-17-. The molecule has 0 spiro atoms. The van der Waals surface area contributed by atoms with Crippen LogP contribution in [0.2, 0.25) is 0 Å². The number of carbonyl (C=O) groups is 1. The van der Waals surface area contributed by atoms with Crippen LogP contribution >= 0.6 is 11.3 Å². The Morgan fingerprint density at radius 1 is 1.02 bits per heavy atom. The number of esters is 1. The van der Waals surface area contributed by atoms with E-state index in [-0.39, 0.29) is 19.0 Å². The number of benzene rings is 4. The van der Waals surface area contributed by atoms with Crippen LogP contribution in [0.15, 0.2) is 106 Å².